The Kier molecular flexibility index (Phi) is 4.16. The van der Waals surface area contributed by atoms with Crippen molar-refractivity contribution in [3.63, 3.8) is 0 Å². The summed E-state index contributed by atoms with van der Waals surface area (Å²) in [6.45, 7) is 2.58. The number of nitrogens with one attached hydrogen (secondary N) is 2. The molecule has 0 unspecified atom stereocenters. The Labute approximate surface area is 138 Å². The molecule has 0 aliphatic carbocycles. The molecule has 7 heteroatoms. The SMILES string of the molecule is CCCCNC(=O)c1cc2c(=O)n3ccccc3nc2n(C)c1=N. The van der Waals surface area contributed by atoms with Crippen LogP contribution in [0.1, 0.15) is 30.1 Å². The Bertz CT molecular complexity index is 1050. The lowest BCUT2D eigenvalue weighted by Crippen LogP contribution is -2.34. The van der Waals surface area contributed by atoms with E-state index in [0.29, 0.717) is 23.2 Å². The third-order valence-corrected chi connectivity index (χ3v) is 4.01. The first-order chi connectivity index (χ1) is 11.5. The zero-order chi connectivity index (χ0) is 17.3. The van der Waals surface area contributed by atoms with Crippen LogP contribution in [0.5, 0.6) is 0 Å². The van der Waals surface area contributed by atoms with Crippen LogP contribution >= 0.6 is 0 Å². The number of unbranched alkanes of at least 4 members (excludes halogenated alkanes) is 1. The monoisotopic (exact) mass is 325 g/mol. The largest absolute Gasteiger partial charge is 0.352 e. The molecule has 0 saturated carbocycles. The predicted molar refractivity (Wildman–Crippen MR) is 91.0 cm³/mol. The van der Waals surface area contributed by atoms with E-state index in [4.69, 9.17) is 5.41 Å². The molecular formula is C17H19N5O2. The van der Waals surface area contributed by atoms with E-state index in [1.807, 2.05) is 6.92 Å². The first-order valence-electron chi connectivity index (χ1n) is 7.88. The van der Waals surface area contributed by atoms with Crippen molar-refractivity contribution in [3.8, 4) is 0 Å². The van der Waals surface area contributed by atoms with E-state index in [1.165, 1.54) is 15.0 Å². The normalized spacial score (nSPS) is 11.1. The third-order valence-electron chi connectivity index (χ3n) is 4.01. The number of pyridine rings is 2. The number of carbonyl (C=O) groups is 1. The highest BCUT2D eigenvalue weighted by molar-refractivity contribution is 5.96. The van der Waals surface area contributed by atoms with Gasteiger partial charge in [-0.2, -0.15) is 0 Å². The number of aromatic nitrogens is 3. The molecule has 0 spiro atoms. The quantitative estimate of drug-likeness (QED) is 0.557. The summed E-state index contributed by atoms with van der Waals surface area (Å²) < 4.78 is 2.91. The van der Waals surface area contributed by atoms with Crippen molar-refractivity contribution in [3.05, 3.63) is 51.9 Å². The number of amides is 1. The van der Waals surface area contributed by atoms with Crippen LogP contribution in [0.3, 0.4) is 0 Å². The van der Waals surface area contributed by atoms with Crippen molar-refractivity contribution < 1.29 is 4.79 Å². The van der Waals surface area contributed by atoms with Crippen LogP contribution < -0.4 is 16.4 Å². The maximum Gasteiger partial charge on any atom is 0.267 e. The lowest BCUT2D eigenvalue weighted by atomic mass is 10.2. The second-order valence-corrected chi connectivity index (χ2v) is 5.66. The first-order valence-corrected chi connectivity index (χ1v) is 7.88. The van der Waals surface area contributed by atoms with Gasteiger partial charge in [0.05, 0.1) is 10.9 Å². The second kappa shape index (κ2) is 6.27. The molecule has 0 radical (unpaired) electrons. The fraction of sp³-hybridized carbons (Fsp3) is 0.294. The van der Waals surface area contributed by atoms with Crippen LogP contribution in [0.4, 0.5) is 0 Å². The Morgan fingerprint density at radius 3 is 2.92 bits per heavy atom. The van der Waals surface area contributed by atoms with Gasteiger partial charge in [-0.3, -0.25) is 19.4 Å². The molecule has 3 aromatic heterocycles. The maximum atomic E-state index is 12.7. The zero-order valence-corrected chi connectivity index (χ0v) is 13.7. The van der Waals surface area contributed by atoms with Crippen molar-refractivity contribution in [1.82, 2.24) is 19.3 Å². The molecule has 0 fully saturated rings. The highest BCUT2D eigenvalue weighted by Gasteiger charge is 2.15. The average Bonchev–Trinajstić information content (AvgIpc) is 2.59. The maximum absolute atomic E-state index is 12.7. The van der Waals surface area contributed by atoms with Gasteiger partial charge in [0.25, 0.3) is 11.5 Å². The zero-order valence-electron chi connectivity index (χ0n) is 13.7. The number of hydrogen-bond donors (Lipinski definition) is 2. The minimum atomic E-state index is -0.344. The Morgan fingerprint density at radius 1 is 1.38 bits per heavy atom. The lowest BCUT2D eigenvalue weighted by molar-refractivity contribution is 0.0951. The lowest BCUT2D eigenvalue weighted by Gasteiger charge is -2.11. The van der Waals surface area contributed by atoms with Gasteiger partial charge in [-0.05, 0) is 24.6 Å². The standard InChI is InChI=1S/C17H19N5O2/c1-3-4-8-19-16(23)11-10-12-15(21(2)14(11)18)20-13-7-5-6-9-22(13)17(12)24/h5-7,9-10,18H,3-4,8H2,1-2H3,(H,19,23). The summed E-state index contributed by atoms with van der Waals surface area (Å²) >= 11 is 0. The van der Waals surface area contributed by atoms with Crippen LogP contribution in [0.2, 0.25) is 0 Å². The van der Waals surface area contributed by atoms with Gasteiger partial charge in [-0.1, -0.05) is 19.4 Å². The topological polar surface area (TPSA) is 92.2 Å². The summed E-state index contributed by atoms with van der Waals surface area (Å²) in [6.07, 6.45) is 3.48. The minimum absolute atomic E-state index is 0.0312. The third kappa shape index (κ3) is 2.58. The molecule has 0 atom stereocenters. The second-order valence-electron chi connectivity index (χ2n) is 5.66. The summed E-state index contributed by atoms with van der Waals surface area (Å²) in [5.74, 6) is -0.344. The number of nitrogens with zero attached hydrogens (tertiary/aromatic N) is 3. The number of carbonyl (C=O) groups excluding carboxylic acids is 1. The summed E-state index contributed by atoms with van der Waals surface area (Å²) in [5.41, 5.74) is 0.847. The molecular weight excluding hydrogens is 306 g/mol. The molecule has 3 heterocycles. The van der Waals surface area contributed by atoms with Gasteiger partial charge < -0.3 is 9.88 Å². The molecule has 3 rings (SSSR count). The molecule has 1 amide bonds. The number of aryl methyl sites for hydroxylation is 1. The molecule has 2 N–H and O–H groups in total. The molecule has 0 bridgehead atoms. The summed E-state index contributed by atoms with van der Waals surface area (Å²) in [5, 5.41) is 11.3. The van der Waals surface area contributed by atoms with Crippen molar-refractivity contribution in [2.75, 3.05) is 6.54 Å². The fourth-order valence-corrected chi connectivity index (χ4v) is 2.62. The van der Waals surface area contributed by atoms with Crippen LogP contribution in [0.15, 0.2) is 35.3 Å². The number of hydrogen-bond acceptors (Lipinski definition) is 4. The van der Waals surface area contributed by atoms with Crippen LogP contribution in [-0.2, 0) is 7.05 Å². The average molecular weight is 325 g/mol. The van der Waals surface area contributed by atoms with Gasteiger partial charge in [0.15, 0.2) is 0 Å². The summed E-state index contributed by atoms with van der Waals surface area (Å²) in [7, 11) is 1.64. The molecule has 0 aromatic carbocycles. The predicted octanol–water partition coefficient (Wildman–Crippen LogP) is 1.20. The summed E-state index contributed by atoms with van der Waals surface area (Å²) in [6, 6.07) is 6.74. The number of fused-ring (bicyclic) bond motifs is 2. The van der Waals surface area contributed by atoms with Gasteiger partial charge in [-0.15, -0.1) is 0 Å². The van der Waals surface area contributed by atoms with Crippen molar-refractivity contribution >= 4 is 22.6 Å². The van der Waals surface area contributed by atoms with E-state index < -0.39 is 0 Å². The van der Waals surface area contributed by atoms with Crippen LogP contribution in [0, 0.1) is 5.41 Å². The van der Waals surface area contributed by atoms with E-state index in [0.717, 1.165) is 12.8 Å². The smallest absolute Gasteiger partial charge is 0.267 e. The minimum Gasteiger partial charge on any atom is -0.352 e. The van der Waals surface area contributed by atoms with Crippen LogP contribution in [-0.4, -0.2) is 26.4 Å². The first kappa shape index (κ1) is 15.9. The summed E-state index contributed by atoms with van der Waals surface area (Å²) in [4.78, 5) is 29.5. The van der Waals surface area contributed by atoms with Gasteiger partial charge in [0, 0.05) is 19.8 Å². The molecule has 0 aliphatic heterocycles. The van der Waals surface area contributed by atoms with E-state index >= 15 is 0 Å². The molecule has 24 heavy (non-hydrogen) atoms. The molecule has 124 valence electrons. The Morgan fingerprint density at radius 2 is 2.17 bits per heavy atom. The fourth-order valence-electron chi connectivity index (χ4n) is 2.62. The Hall–Kier alpha value is -2.96. The highest BCUT2D eigenvalue weighted by atomic mass is 16.1. The van der Waals surface area contributed by atoms with Gasteiger partial charge in [0.1, 0.15) is 16.8 Å². The van der Waals surface area contributed by atoms with Crippen molar-refractivity contribution in [2.24, 2.45) is 7.05 Å². The van der Waals surface area contributed by atoms with Gasteiger partial charge in [-0.25, -0.2) is 4.98 Å². The van der Waals surface area contributed by atoms with E-state index in [2.05, 4.69) is 10.3 Å². The van der Waals surface area contributed by atoms with Gasteiger partial charge in [0.2, 0.25) is 0 Å². The highest BCUT2D eigenvalue weighted by Crippen LogP contribution is 2.09. The molecule has 7 nitrogen and oxygen atoms in total. The molecule has 3 aromatic rings. The van der Waals surface area contributed by atoms with E-state index in [1.54, 1.807) is 31.4 Å². The van der Waals surface area contributed by atoms with E-state index in [9.17, 15) is 9.59 Å². The van der Waals surface area contributed by atoms with E-state index in [-0.39, 0.29) is 22.5 Å². The van der Waals surface area contributed by atoms with Crippen molar-refractivity contribution in [1.29, 1.82) is 5.41 Å². The molecule has 0 saturated heterocycles. The molecule has 0 aliphatic rings. The van der Waals surface area contributed by atoms with Crippen LogP contribution in [0.25, 0.3) is 16.7 Å². The number of rotatable bonds is 4. The van der Waals surface area contributed by atoms with Crippen molar-refractivity contribution in [2.45, 2.75) is 19.8 Å². The Balaban J connectivity index is 2.23. The van der Waals surface area contributed by atoms with Gasteiger partial charge >= 0.3 is 0 Å².